The summed E-state index contributed by atoms with van der Waals surface area (Å²) in [6.45, 7) is 3.25. The zero-order valence-electron chi connectivity index (χ0n) is 11.6. The molecule has 0 radical (unpaired) electrons. The van der Waals surface area contributed by atoms with Gasteiger partial charge in [-0.15, -0.1) is 11.6 Å². The lowest BCUT2D eigenvalue weighted by Gasteiger charge is -2.13. The van der Waals surface area contributed by atoms with Gasteiger partial charge in [-0.1, -0.05) is 13.0 Å². The number of rotatable bonds is 7. The van der Waals surface area contributed by atoms with Crippen molar-refractivity contribution >= 4 is 23.2 Å². The first-order valence-electron chi connectivity index (χ1n) is 6.27. The molecule has 0 saturated carbocycles. The molecule has 0 saturated heterocycles. The Morgan fingerprint density at radius 3 is 2.84 bits per heavy atom. The van der Waals surface area contributed by atoms with Crippen molar-refractivity contribution in [2.75, 3.05) is 38.4 Å². The fourth-order valence-electron chi connectivity index (χ4n) is 1.35. The van der Waals surface area contributed by atoms with Crippen LogP contribution in [0.4, 0.5) is 5.69 Å². The Balaban J connectivity index is 2.54. The van der Waals surface area contributed by atoms with E-state index in [-0.39, 0.29) is 11.8 Å². The molecule has 0 aromatic heterocycles. The first-order chi connectivity index (χ1) is 9.02. The van der Waals surface area contributed by atoms with E-state index < -0.39 is 0 Å². The van der Waals surface area contributed by atoms with Gasteiger partial charge in [0.05, 0.1) is 0 Å². The van der Waals surface area contributed by atoms with Crippen molar-refractivity contribution in [3.63, 3.8) is 0 Å². The van der Waals surface area contributed by atoms with Crippen molar-refractivity contribution in [2.24, 2.45) is 5.92 Å². The molecule has 1 aromatic carbocycles. The van der Waals surface area contributed by atoms with E-state index >= 15 is 0 Å². The number of amides is 1. The van der Waals surface area contributed by atoms with Crippen LogP contribution in [0.1, 0.15) is 6.92 Å². The van der Waals surface area contributed by atoms with Gasteiger partial charge in [0.25, 0.3) is 0 Å². The Morgan fingerprint density at radius 2 is 2.21 bits per heavy atom. The lowest BCUT2D eigenvalue weighted by molar-refractivity contribution is -0.118. The number of nitrogens with one attached hydrogen (secondary N) is 1. The minimum Gasteiger partial charge on any atom is -0.492 e. The number of halogens is 1. The molecule has 0 aliphatic rings. The van der Waals surface area contributed by atoms with E-state index in [4.69, 9.17) is 16.3 Å². The third kappa shape index (κ3) is 5.94. The van der Waals surface area contributed by atoms with Gasteiger partial charge in [0, 0.05) is 30.1 Å². The van der Waals surface area contributed by atoms with Crippen LogP contribution < -0.4 is 10.1 Å². The zero-order valence-corrected chi connectivity index (χ0v) is 12.4. The van der Waals surface area contributed by atoms with E-state index in [0.717, 1.165) is 18.0 Å². The second-order valence-corrected chi connectivity index (χ2v) is 5.03. The summed E-state index contributed by atoms with van der Waals surface area (Å²) in [4.78, 5) is 13.8. The van der Waals surface area contributed by atoms with Crippen molar-refractivity contribution < 1.29 is 9.53 Å². The number of ether oxygens (including phenoxy) is 1. The van der Waals surface area contributed by atoms with Crippen LogP contribution in [0.25, 0.3) is 0 Å². The second kappa shape index (κ2) is 8.02. The number of hydrogen-bond acceptors (Lipinski definition) is 3. The number of benzene rings is 1. The highest BCUT2D eigenvalue weighted by atomic mass is 35.5. The summed E-state index contributed by atoms with van der Waals surface area (Å²) < 4.78 is 5.61. The molecule has 0 spiro atoms. The zero-order chi connectivity index (χ0) is 14.3. The van der Waals surface area contributed by atoms with Gasteiger partial charge < -0.3 is 15.0 Å². The molecule has 1 N–H and O–H groups in total. The summed E-state index contributed by atoms with van der Waals surface area (Å²) in [6.07, 6.45) is 0. The van der Waals surface area contributed by atoms with Crippen LogP contribution in [0.5, 0.6) is 5.75 Å². The molecule has 19 heavy (non-hydrogen) atoms. The molecular formula is C14H21ClN2O2. The van der Waals surface area contributed by atoms with Gasteiger partial charge in [0.1, 0.15) is 12.4 Å². The molecule has 0 aliphatic carbocycles. The number of nitrogens with zero attached hydrogens (tertiary/aromatic N) is 1. The highest BCUT2D eigenvalue weighted by molar-refractivity contribution is 6.19. The third-order valence-corrected chi connectivity index (χ3v) is 3.05. The summed E-state index contributed by atoms with van der Waals surface area (Å²) in [7, 11) is 3.99. The predicted molar refractivity (Wildman–Crippen MR) is 79.0 cm³/mol. The summed E-state index contributed by atoms with van der Waals surface area (Å²) >= 11 is 5.65. The van der Waals surface area contributed by atoms with Crippen molar-refractivity contribution in [2.45, 2.75) is 6.92 Å². The van der Waals surface area contributed by atoms with E-state index in [1.54, 1.807) is 6.92 Å². The van der Waals surface area contributed by atoms with Gasteiger partial charge in [0.15, 0.2) is 0 Å². The van der Waals surface area contributed by atoms with E-state index in [2.05, 4.69) is 5.32 Å². The standard InChI is InChI=1S/C14H21ClN2O2/c1-11(10-15)14(18)16-12-5-4-6-13(9-12)19-8-7-17(2)3/h4-6,9,11H,7-8,10H2,1-3H3,(H,16,18). The van der Waals surface area contributed by atoms with Crippen molar-refractivity contribution in [3.8, 4) is 5.75 Å². The maximum Gasteiger partial charge on any atom is 0.228 e. The average Bonchev–Trinajstić information content (AvgIpc) is 2.37. The van der Waals surface area contributed by atoms with Crippen LogP contribution in [-0.2, 0) is 4.79 Å². The first kappa shape index (κ1) is 15.8. The summed E-state index contributed by atoms with van der Waals surface area (Å²) in [5, 5.41) is 2.82. The van der Waals surface area contributed by atoms with Gasteiger partial charge in [-0.25, -0.2) is 0 Å². The van der Waals surface area contributed by atoms with Crippen molar-refractivity contribution in [1.82, 2.24) is 4.90 Å². The SMILES string of the molecule is CC(CCl)C(=O)Nc1cccc(OCCN(C)C)c1. The Hall–Kier alpha value is -1.26. The number of anilines is 1. The predicted octanol–water partition coefficient (Wildman–Crippen LogP) is 2.44. The summed E-state index contributed by atoms with van der Waals surface area (Å²) in [5.74, 6) is 0.767. The van der Waals surface area contributed by atoms with Crippen LogP contribution >= 0.6 is 11.6 Å². The molecule has 0 bridgehead atoms. The van der Waals surface area contributed by atoms with Gasteiger partial charge in [-0.2, -0.15) is 0 Å². The normalized spacial score (nSPS) is 12.3. The van der Waals surface area contributed by atoms with Gasteiger partial charge in [-0.3, -0.25) is 4.79 Å². The molecule has 1 atom stereocenters. The molecule has 4 nitrogen and oxygen atoms in total. The molecule has 1 unspecified atom stereocenters. The Kier molecular flexibility index (Phi) is 6.67. The third-order valence-electron chi connectivity index (χ3n) is 2.59. The smallest absolute Gasteiger partial charge is 0.228 e. The first-order valence-corrected chi connectivity index (χ1v) is 6.81. The summed E-state index contributed by atoms with van der Waals surface area (Å²) in [6, 6.07) is 7.37. The average molecular weight is 285 g/mol. The number of likely N-dealkylation sites (N-methyl/N-ethyl adjacent to an activating group) is 1. The van der Waals surface area contributed by atoms with E-state index in [1.165, 1.54) is 0 Å². The summed E-state index contributed by atoms with van der Waals surface area (Å²) in [5.41, 5.74) is 0.726. The second-order valence-electron chi connectivity index (χ2n) is 4.72. The van der Waals surface area contributed by atoms with Gasteiger partial charge >= 0.3 is 0 Å². The van der Waals surface area contributed by atoms with E-state index in [0.29, 0.717) is 12.5 Å². The lowest BCUT2D eigenvalue weighted by Crippen LogP contribution is -2.21. The van der Waals surface area contributed by atoms with Crippen LogP contribution in [0.2, 0.25) is 0 Å². The van der Waals surface area contributed by atoms with E-state index in [1.807, 2.05) is 43.3 Å². The lowest BCUT2D eigenvalue weighted by atomic mass is 10.2. The minimum absolute atomic E-state index is 0.0829. The highest BCUT2D eigenvalue weighted by Gasteiger charge is 2.11. The maximum atomic E-state index is 11.7. The van der Waals surface area contributed by atoms with E-state index in [9.17, 15) is 4.79 Å². The monoisotopic (exact) mass is 284 g/mol. The van der Waals surface area contributed by atoms with Gasteiger partial charge in [-0.05, 0) is 26.2 Å². The molecule has 106 valence electrons. The molecule has 1 aromatic rings. The molecule has 1 rings (SSSR count). The number of carbonyl (C=O) groups excluding carboxylic acids is 1. The molecule has 1 amide bonds. The quantitative estimate of drug-likeness (QED) is 0.782. The fourth-order valence-corrected chi connectivity index (χ4v) is 1.49. The largest absolute Gasteiger partial charge is 0.492 e. The topological polar surface area (TPSA) is 41.6 Å². The maximum absolute atomic E-state index is 11.7. The van der Waals surface area contributed by atoms with Crippen molar-refractivity contribution in [1.29, 1.82) is 0 Å². The highest BCUT2D eigenvalue weighted by Crippen LogP contribution is 2.18. The van der Waals surface area contributed by atoms with Crippen LogP contribution in [-0.4, -0.2) is 43.9 Å². The Morgan fingerprint density at radius 1 is 1.47 bits per heavy atom. The van der Waals surface area contributed by atoms with Crippen LogP contribution in [0.3, 0.4) is 0 Å². The molecule has 0 heterocycles. The van der Waals surface area contributed by atoms with Crippen LogP contribution in [0, 0.1) is 5.92 Å². The van der Waals surface area contributed by atoms with Crippen LogP contribution in [0.15, 0.2) is 24.3 Å². The van der Waals surface area contributed by atoms with Crippen molar-refractivity contribution in [3.05, 3.63) is 24.3 Å². The number of hydrogen-bond donors (Lipinski definition) is 1. The molecule has 5 heteroatoms. The van der Waals surface area contributed by atoms with Gasteiger partial charge in [0.2, 0.25) is 5.91 Å². The Labute approximate surface area is 119 Å². The minimum atomic E-state index is -0.208. The number of carbonyl (C=O) groups is 1. The molecule has 0 aliphatic heterocycles. The molecular weight excluding hydrogens is 264 g/mol. The molecule has 0 fully saturated rings. The fraction of sp³-hybridized carbons (Fsp3) is 0.500. The Bertz CT molecular complexity index is 410. The number of alkyl halides is 1.